The van der Waals surface area contributed by atoms with Gasteiger partial charge >= 0.3 is 0 Å². The summed E-state index contributed by atoms with van der Waals surface area (Å²) in [5.74, 6) is 1.07. The maximum Gasteiger partial charge on any atom is 0.278 e. The predicted octanol–water partition coefficient (Wildman–Crippen LogP) is 4.99. The van der Waals surface area contributed by atoms with E-state index in [9.17, 15) is 4.79 Å². The lowest BCUT2D eigenvalue weighted by Crippen LogP contribution is -2.16. The van der Waals surface area contributed by atoms with Crippen LogP contribution in [0.15, 0.2) is 47.0 Å². The van der Waals surface area contributed by atoms with Gasteiger partial charge in [-0.2, -0.15) is 0 Å². The molecule has 1 aromatic heterocycles. The molecule has 0 radical (unpaired) electrons. The first-order valence-electron chi connectivity index (χ1n) is 9.04. The number of benzene rings is 2. The van der Waals surface area contributed by atoms with Crippen LogP contribution in [0.4, 0.5) is 5.69 Å². The number of ether oxygens (including phenoxy) is 1. The topological polar surface area (TPSA) is 64.4 Å². The molecule has 1 amide bonds. The van der Waals surface area contributed by atoms with E-state index in [0.717, 1.165) is 34.5 Å². The molecule has 0 saturated heterocycles. The average molecular weight is 364 g/mol. The molecule has 27 heavy (non-hydrogen) atoms. The number of hydrogen-bond donors (Lipinski definition) is 1. The highest BCUT2D eigenvalue weighted by Gasteiger charge is 2.21. The van der Waals surface area contributed by atoms with E-state index in [1.165, 1.54) is 0 Å². The number of carbonyl (C=O) groups is 1. The second kappa shape index (κ2) is 8.08. The number of aromatic nitrogens is 1. The summed E-state index contributed by atoms with van der Waals surface area (Å²) in [7, 11) is 0. The Morgan fingerprint density at radius 1 is 1.11 bits per heavy atom. The molecule has 0 atom stereocenters. The number of nitrogens with zero attached hydrogens (tertiary/aromatic N) is 1. The molecule has 1 N–H and O–H groups in total. The fourth-order valence-corrected chi connectivity index (χ4v) is 2.90. The lowest BCUT2D eigenvalue weighted by molar-refractivity contribution is 0.101. The van der Waals surface area contributed by atoms with E-state index in [-0.39, 0.29) is 18.2 Å². The van der Waals surface area contributed by atoms with E-state index >= 15 is 0 Å². The first-order valence-corrected chi connectivity index (χ1v) is 9.04. The highest BCUT2D eigenvalue weighted by molar-refractivity contribution is 6.04. The van der Waals surface area contributed by atoms with Gasteiger partial charge in [0.15, 0.2) is 5.69 Å². The van der Waals surface area contributed by atoms with Gasteiger partial charge in [0.05, 0.1) is 5.56 Å². The fourth-order valence-electron chi connectivity index (χ4n) is 2.90. The summed E-state index contributed by atoms with van der Waals surface area (Å²) in [6.45, 7) is 8.11. The Balaban J connectivity index is 1.80. The number of rotatable bonds is 6. The Morgan fingerprint density at radius 3 is 2.67 bits per heavy atom. The van der Waals surface area contributed by atoms with Gasteiger partial charge in [0.2, 0.25) is 0 Å². The fraction of sp³-hybridized carbons (Fsp3) is 0.273. The second-order valence-electron chi connectivity index (χ2n) is 6.52. The Kier molecular flexibility index (Phi) is 5.60. The lowest BCUT2D eigenvalue weighted by Gasteiger charge is -2.12. The van der Waals surface area contributed by atoms with E-state index in [1.54, 1.807) is 6.92 Å². The molecule has 0 fully saturated rings. The van der Waals surface area contributed by atoms with Crippen LogP contribution in [-0.2, 0) is 13.0 Å². The first kappa shape index (κ1) is 18.7. The van der Waals surface area contributed by atoms with Crippen molar-refractivity contribution in [2.45, 2.75) is 40.7 Å². The summed E-state index contributed by atoms with van der Waals surface area (Å²) < 4.78 is 11.2. The zero-order valence-electron chi connectivity index (χ0n) is 16.1. The monoisotopic (exact) mass is 364 g/mol. The first-order chi connectivity index (χ1) is 13.0. The van der Waals surface area contributed by atoms with Gasteiger partial charge in [0, 0.05) is 5.69 Å². The zero-order valence-corrected chi connectivity index (χ0v) is 16.1. The third-order valence-electron chi connectivity index (χ3n) is 4.77. The number of nitrogens with one attached hydrogen (secondary N) is 1. The molecule has 0 aliphatic heterocycles. The molecule has 0 aliphatic rings. The summed E-state index contributed by atoms with van der Waals surface area (Å²) in [4.78, 5) is 12.8. The molecule has 0 saturated carbocycles. The van der Waals surface area contributed by atoms with Gasteiger partial charge in [-0.1, -0.05) is 42.4 Å². The van der Waals surface area contributed by atoms with Crippen LogP contribution in [-0.4, -0.2) is 11.1 Å². The normalized spacial score (nSPS) is 10.7. The van der Waals surface area contributed by atoms with Crippen LogP contribution in [0, 0.1) is 20.8 Å². The highest BCUT2D eigenvalue weighted by atomic mass is 16.5. The van der Waals surface area contributed by atoms with Gasteiger partial charge in [0.1, 0.15) is 18.1 Å². The van der Waals surface area contributed by atoms with Crippen LogP contribution in [0.25, 0.3) is 0 Å². The van der Waals surface area contributed by atoms with Crippen LogP contribution < -0.4 is 10.1 Å². The second-order valence-corrected chi connectivity index (χ2v) is 6.52. The summed E-state index contributed by atoms with van der Waals surface area (Å²) in [5.41, 5.74) is 5.00. The number of aryl methyl sites for hydroxylation is 3. The van der Waals surface area contributed by atoms with Gasteiger partial charge in [-0.15, -0.1) is 0 Å². The molecular formula is C22H24N2O3. The van der Waals surface area contributed by atoms with Gasteiger partial charge in [-0.05, 0) is 56.0 Å². The van der Waals surface area contributed by atoms with E-state index in [0.29, 0.717) is 11.3 Å². The minimum absolute atomic E-state index is 0.220. The SMILES string of the molecule is CCc1ccccc1NC(=O)c1noc(C)c1COc1cccc(C)c1C. The minimum atomic E-state index is -0.299. The molecular weight excluding hydrogens is 340 g/mol. The number of hydrogen-bond acceptors (Lipinski definition) is 4. The minimum Gasteiger partial charge on any atom is -0.488 e. The number of para-hydroxylation sites is 1. The Labute approximate surface area is 159 Å². The summed E-state index contributed by atoms with van der Waals surface area (Å²) >= 11 is 0. The number of carbonyl (C=O) groups excluding carboxylic acids is 1. The third-order valence-corrected chi connectivity index (χ3v) is 4.77. The highest BCUT2D eigenvalue weighted by Crippen LogP contribution is 2.24. The smallest absolute Gasteiger partial charge is 0.278 e. The van der Waals surface area contributed by atoms with Crippen LogP contribution in [0.5, 0.6) is 5.75 Å². The molecule has 5 nitrogen and oxygen atoms in total. The predicted molar refractivity (Wildman–Crippen MR) is 105 cm³/mol. The Hall–Kier alpha value is -3.08. The maximum atomic E-state index is 12.8. The lowest BCUT2D eigenvalue weighted by atomic mass is 10.1. The summed E-state index contributed by atoms with van der Waals surface area (Å²) in [5, 5.41) is 6.89. The van der Waals surface area contributed by atoms with Crippen molar-refractivity contribution in [1.82, 2.24) is 5.16 Å². The molecule has 2 aromatic carbocycles. The Bertz CT molecular complexity index is 960. The molecule has 0 unspecified atom stereocenters. The van der Waals surface area contributed by atoms with Crippen LogP contribution >= 0.6 is 0 Å². The molecule has 1 heterocycles. The van der Waals surface area contributed by atoms with Crippen molar-refractivity contribution >= 4 is 11.6 Å². The Morgan fingerprint density at radius 2 is 1.89 bits per heavy atom. The molecule has 5 heteroatoms. The third kappa shape index (κ3) is 4.03. The van der Waals surface area contributed by atoms with Crippen LogP contribution in [0.3, 0.4) is 0 Å². The average Bonchev–Trinajstić information content (AvgIpc) is 3.04. The van der Waals surface area contributed by atoms with Gasteiger partial charge in [0.25, 0.3) is 5.91 Å². The molecule has 0 aliphatic carbocycles. The summed E-state index contributed by atoms with van der Waals surface area (Å²) in [6, 6.07) is 13.6. The standard InChI is InChI=1S/C22H24N2O3/c1-5-17-10-6-7-11-19(17)23-22(25)21-18(16(4)27-24-21)13-26-20-12-8-9-14(2)15(20)3/h6-12H,5,13H2,1-4H3,(H,23,25). The van der Waals surface area contributed by atoms with E-state index in [2.05, 4.69) is 17.4 Å². The van der Waals surface area contributed by atoms with Crippen molar-refractivity contribution in [1.29, 1.82) is 0 Å². The summed E-state index contributed by atoms with van der Waals surface area (Å²) in [6.07, 6.45) is 0.830. The van der Waals surface area contributed by atoms with Crippen LogP contribution in [0.2, 0.25) is 0 Å². The van der Waals surface area contributed by atoms with Crippen molar-refractivity contribution in [2.24, 2.45) is 0 Å². The van der Waals surface area contributed by atoms with Crippen molar-refractivity contribution in [2.75, 3.05) is 5.32 Å². The largest absolute Gasteiger partial charge is 0.488 e. The maximum absolute atomic E-state index is 12.8. The van der Waals surface area contributed by atoms with Crippen molar-refractivity contribution < 1.29 is 14.1 Å². The van der Waals surface area contributed by atoms with Crippen molar-refractivity contribution in [3.63, 3.8) is 0 Å². The molecule has 0 bridgehead atoms. The molecule has 0 spiro atoms. The van der Waals surface area contributed by atoms with Crippen LogP contribution in [0.1, 0.15) is 45.4 Å². The van der Waals surface area contributed by atoms with Crippen molar-refractivity contribution in [3.05, 3.63) is 76.2 Å². The van der Waals surface area contributed by atoms with Gasteiger partial charge in [-0.3, -0.25) is 4.79 Å². The number of anilines is 1. The molecule has 140 valence electrons. The van der Waals surface area contributed by atoms with E-state index < -0.39 is 0 Å². The van der Waals surface area contributed by atoms with Gasteiger partial charge in [-0.25, -0.2) is 0 Å². The number of amides is 1. The van der Waals surface area contributed by atoms with E-state index in [1.807, 2.05) is 56.3 Å². The molecule has 3 aromatic rings. The van der Waals surface area contributed by atoms with Gasteiger partial charge < -0.3 is 14.6 Å². The molecule has 3 rings (SSSR count). The van der Waals surface area contributed by atoms with E-state index in [4.69, 9.17) is 9.26 Å². The zero-order chi connectivity index (χ0) is 19.4. The quantitative estimate of drug-likeness (QED) is 0.669. The van der Waals surface area contributed by atoms with Crippen molar-refractivity contribution in [3.8, 4) is 5.75 Å².